The minimum atomic E-state index is 0.239. The van der Waals surface area contributed by atoms with Gasteiger partial charge in [0.05, 0.1) is 6.20 Å². The normalized spacial score (nSPS) is 10.0. The number of aromatic nitrogens is 1. The Bertz CT molecular complexity index is 678. The van der Waals surface area contributed by atoms with Crippen molar-refractivity contribution in [2.45, 2.75) is 12.8 Å². The molecule has 0 bridgehead atoms. The fourth-order valence-electron chi connectivity index (χ4n) is 2.21. The van der Waals surface area contributed by atoms with Gasteiger partial charge in [0.15, 0.2) is 0 Å². The summed E-state index contributed by atoms with van der Waals surface area (Å²) in [5.74, 6) is 0.239. The topological polar surface area (TPSA) is 45.1 Å². The Morgan fingerprint density at radius 3 is 2.41 bits per heavy atom. The van der Waals surface area contributed by atoms with E-state index in [1.165, 1.54) is 24.6 Å². The van der Waals surface area contributed by atoms with Crippen LogP contribution in [0.5, 0.6) is 5.75 Å². The Kier molecular flexibility index (Phi) is 6.39. The monoisotopic (exact) mass is 294 g/mol. The summed E-state index contributed by atoms with van der Waals surface area (Å²) >= 11 is 0. The maximum Gasteiger partial charge on any atom is 0.141 e. The number of rotatable bonds is 4. The van der Waals surface area contributed by atoms with Crippen LogP contribution in [0.2, 0.25) is 0 Å². The third-order valence-corrected chi connectivity index (χ3v) is 3.38. The number of hydrogen-bond acceptors (Lipinski definition) is 3. The van der Waals surface area contributed by atoms with Crippen LogP contribution in [0.15, 0.2) is 67.0 Å². The van der Waals surface area contributed by atoms with Crippen molar-refractivity contribution < 1.29 is 5.11 Å². The van der Waals surface area contributed by atoms with E-state index in [0.717, 1.165) is 17.3 Å². The molecule has 3 aromatic rings. The first-order valence-corrected chi connectivity index (χ1v) is 7.51. The number of nitrogens with one attached hydrogen (secondary N) is 1. The van der Waals surface area contributed by atoms with Gasteiger partial charge >= 0.3 is 0 Å². The highest BCUT2D eigenvalue weighted by Crippen LogP contribution is 2.21. The van der Waals surface area contributed by atoms with Gasteiger partial charge in [-0.25, -0.2) is 0 Å². The van der Waals surface area contributed by atoms with Gasteiger partial charge in [-0.05, 0) is 32.0 Å². The van der Waals surface area contributed by atoms with Gasteiger partial charge in [0, 0.05) is 17.0 Å². The van der Waals surface area contributed by atoms with Gasteiger partial charge in [-0.1, -0.05) is 54.6 Å². The van der Waals surface area contributed by atoms with E-state index in [9.17, 15) is 5.11 Å². The zero-order chi connectivity index (χ0) is 15.6. The molecule has 0 aliphatic heterocycles. The van der Waals surface area contributed by atoms with E-state index in [0.29, 0.717) is 0 Å². The van der Waals surface area contributed by atoms with Crippen LogP contribution in [0.3, 0.4) is 0 Å². The first-order chi connectivity index (χ1) is 10.8. The molecular formula is C19H22N2O. The summed E-state index contributed by atoms with van der Waals surface area (Å²) < 4.78 is 0. The average molecular weight is 294 g/mol. The predicted octanol–water partition coefficient (Wildman–Crippen LogP) is 3.78. The lowest BCUT2D eigenvalue weighted by atomic mass is 10.1. The standard InChI is InChI=1S/C10H15N.C9H7NO/c1-11-9-5-8-10-6-3-2-4-7-10;11-9-6-10-5-7-3-1-2-4-8(7)9/h2-4,6-7,11H,5,8-9H2,1H3;1-6,11H. The zero-order valence-electron chi connectivity index (χ0n) is 12.9. The highest BCUT2D eigenvalue weighted by atomic mass is 16.3. The summed E-state index contributed by atoms with van der Waals surface area (Å²) in [6.07, 6.45) is 5.58. The number of benzene rings is 2. The van der Waals surface area contributed by atoms with Crippen molar-refractivity contribution >= 4 is 10.8 Å². The van der Waals surface area contributed by atoms with Crippen molar-refractivity contribution in [1.29, 1.82) is 0 Å². The fraction of sp³-hybridized carbons (Fsp3) is 0.211. The van der Waals surface area contributed by atoms with Crippen LogP contribution in [-0.4, -0.2) is 23.7 Å². The number of aryl methyl sites for hydroxylation is 1. The molecule has 0 saturated carbocycles. The van der Waals surface area contributed by atoms with Crippen molar-refractivity contribution in [3.05, 3.63) is 72.6 Å². The van der Waals surface area contributed by atoms with E-state index in [1.54, 1.807) is 6.20 Å². The van der Waals surface area contributed by atoms with Crippen LogP contribution in [0.1, 0.15) is 12.0 Å². The second kappa shape index (κ2) is 8.80. The summed E-state index contributed by atoms with van der Waals surface area (Å²) in [6.45, 7) is 1.11. The zero-order valence-corrected chi connectivity index (χ0v) is 12.9. The van der Waals surface area contributed by atoms with Gasteiger partial charge in [0.25, 0.3) is 0 Å². The highest BCUT2D eigenvalue weighted by molar-refractivity contribution is 5.86. The molecule has 2 N–H and O–H groups in total. The number of pyridine rings is 1. The van der Waals surface area contributed by atoms with Crippen LogP contribution in [0, 0.1) is 0 Å². The van der Waals surface area contributed by atoms with E-state index in [2.05, 4.69) is 40.6 Å². The van der Waals surface area contributed by atoms with Crippen LogP contribution < -0.4 is 5.32 Å². The number of aromatic hydroxyl groups is 1. The first kappa shape index (κ1) is 16.0. The summed E-state index contributed by atoms with van der Waals surface area (Å²) in [6, 6.07) is 18.2. The molecule has 22 heavy (non-hydrogen) atoms. The van der Waals surface area contributed by atoms with Crippen LogP contribution in [-0.2, 0) is 6.42 Å². The molecule has 0 fully saturated rings. The molecule has 0 saturated heterocycles. The lowest BCUT2D eigenvalue weighted by Gasteiger charge is -1.99. The molecule has 0 aliphatic rings. The molecule has 0 unspecified atom stereocenters. The maximum atomic E-state index is 9.31. The van der Waals surface area contributed by atoms with E-state index in [-0.39, 0.29) is 5.75 Å². The van der Waals surface area contributed by atoms with E-state index >= 15 is 0 Å². The molecular weight excluding hydrogens is 272 g/mol. The van der Waals surface area contributed by atoms with Crippen LogP contribution in [0.4, 0.5) is 0 Å². The Labute approximate surface area is 131 Å². The molecule has 0 radical (unpaired) electrons. The van der Waals surface area contributed by atoms with Crippen LogP contribution in [0.25, 0.3) is 10.8 Å². The molecule has 2 aromatic carbocycles. The number of hydrogen-bond donors (Lipinski definition) is 2. The molecule has 3 rings (SSSR count). The second-order valence-corrected chi connectivity index (χ2v) is 5.07. The van der Waals surface area contributed by atoms with E-state index in [1.807, 2.05) is 31.3 Å². The van der Waals surface area contributed by atoms with Crippen molar-refractivity contribution in [3.8, 4) is 5.75 Å². The van der Waals surface area contributed by atoms with Crippen molar-refractivity contribution in [3.63, 3.8) is 0 Å². The van der Waals surface area contributed by atoms with Gasteiger partial charge in [-0.15, -0.1) is 0 Å². The third-order valence-electron chi connectivity index (χ3n) is 3.38. The summed E-state index contributed by atoms with van der Waals surface area (Å²) in [5.41, 5.74) is 1.43. The molecule has 114 valence electrons. The number of nitrogens with zero attached hydrogens (tertiary/aromatic N) is 1. The second-order valence-electron chi connectivity index (χ2n) is 5.07. The molecule has 1 aromatic heterocycles. The summed E-state index contributed by atoms with van der Waals surface area (Å²) in [4.78, 5) is 3.86. The lowest BCUT2D eigenvalue weighted by Crippen LogP contribution is -2.08. The van der Waals surface area contributed by atoms with Crippen molar-refractivity contribution in [1.82, 2.24) is 10.3 Å². The van der Waals surface area contributed by atoms with Crippen molar-refractivity contribution in [2.75, 3.05) is 13.6 Å². The molecule has 0 spiro atoms. The Balaban J connectivity index is 0.000000160. The quantitative estimate of drug-likeness (QED) is 0.720. The first-order valence-electron chi connectivity index (χ1n) is 7.51. The SMILES string of the molecule is CNCCCc1ccccc1.Oc1cncc2ccccc12. The Morgan fingerprint density at radius 1 is 0.955 bits per heavy atom. The summed E-state index contributed by atoms with van der Waals surface area (Å²) in [7, 11) is 1.99. The van der Waals surface area contributed by atoms with Gasteiger partial charge in [0.1, 0.15) is 5.75 Å². The lowest BCUT2D eigenvalue weighted by molar-refractivity contribution is 0.479. The molecule has 0 amide bonds. The highest BCUT2D eigenvalue weighted by Gasteiger charge is 1.95. The van der Waals surface area contributed by atoms with Gasteiger partial charge < -0.3 is 10.4 Å². The van der Waals surface area contributed by atoms with Gasteiger partial charge in [-0.2, -0.15) is 0 Å². The largest absolute Gasteiger partial charge is 0.506 e. The third kappa shape index (κ3) is 4.86. The summed E-state index contributed by atoms with van der Waals surface area (Å²) in [5, 5.41) is 14.3. The van der Waals surface area contributed by atoms with Crippen LogP contribution >= 0.6 is 0 Å². The Morgan fingerprint density at radius 2 is 1.68 bits per heavy atom. The Hall–Kier alpha value is -2.39. The minimum Gasteiger partial charge on any atom is -0.506 e. The molecule has 1 heterocycles. The predicted molar refractivity (Wildman–Crippen MR) is 92.1 cm³/mol. The maximum absolute atomic E-state index is 9.31. The van der Waals surface area contributed by atoms with E-state index in [4.69, 9.17) is 0 Å². The molecule has 0 aliphatic carbocycles. The van der Waals surface area contributed by atoms with E-state index < -0.39 is 0 Å². The van der Waals surface area contributed by atoms with Gasteiger partial charge in [-0.3, -0.25) is 4.98 Å². The average Bonchev–Trinajstić information content (AvgIpc) is 2.57. The molecule has 3 nitrogen and oxygen atoms in total. The number of fused-ring (bicyclic) bond motifs is 1. The molecule has 0 atom stereocenters. The minimum absolute atomic E-state index is 0.239. The van der Waals surface area contributed by atoms with Crippen molar-refractivity contribution in [2.24, 2.45) is 0 Å². The van der Waals surface area contributed by atoms with Gasteiger partial charge in [0.2, 0.25) is 0 Å². The molecule has 3 heteroatoms. The fourth-order valence-corrected chi connectivity index (χ4v) is 2.21. The smallest absolute Gasteiger partial charge is 0.141 e.